The molecule has 0 spiro atoms. The first-order valence-electron chi connectivity index (χ1n) is 7.19. The summed E-state index contributed by atoms with van der Waals surface area (Å²) in [6.07, 6.45) is 3.11. The molecular weight excluding hydrogens is 333 g/mol. The van der Waals surface area contributed by atoms with Crippen molar-refractivity contribution in [2.75, 3.05) is 5.32 Å². The highest BCUT2D eigenvalue weighted by molar-refractivity contribution is 6.30. The molecule has 0 aliphatic heterocycles. The second kappa shape index (κ2) is 6.09. The highest BCUT2D eigenvalue weighted by Crippen LogP contribution is 2.26. The van der Waals surface area contributed by atoms with Crippen LogP contribution in [0.3, 0.4) is 0 Å². The maximum atomic E-state index is 14.0. The third-order valence-electron chi connectivity index (χ3n) is 3.58. The summed E-state index contributed by atoms with van der Waals surface area (Å²) in [5.74, 6) is -0.439. The van der Waals surface area contributed by atoms with Crippen LogP contribution < -0.4 is 10.6 Å². The van der Waals surface area contributed by atoms with E-state index in [2.05, 4.69) is 25.8 Å². The molecule has 0 unspecified atom stereocenters. The van der Waals surface area contributed by atoms with Crippen molar-refractivity contribution in [1.29, 1.82) is 0 Å². The van der Waals surface area contributed by atoms with E-state index in [0.29, 0.717) is 21.9 Å². The number of carbonyl (C=O) groups is 1. The molecule has 3 rings (SSSR count). The SMILES string of the molecule is CC(C)(NC(=O)Nc1cnc2[nH]ncc2c1)c1cc(Cl)ccc1F. The number of pyridine rings is 1. The summed E-state index contributed by atoms with van der Waals surface area (Å²) in [6.45, 7) is 3.39. The quantitative estimate of drug-likeness (QED) is 0.673. The molecule has 0 aliphatic carbocycles. The molecule has 0 fully saturated rings. The number of fused-ring (bicyclic) bond motifs is 1. The van der Waals surface area contributed by atoms with Crippen LogP contribution in [0.2, 0.25) is 5.02 Å². The topological polar surface area (TPSA) is 82.7 Å². The molecule has 0 bridgehead atoms. The Hall–Kier alpha value is -2.67. The van der Waals surface area contributed by atoms with E-state index in [1.807, 2.05) is 0 Å². The van der Waals surface area contributed by atoms with Gasteiger partial charge in [0.1, 0.15) is 5.82 Å². The summed E-state index contributed by atoms with van der Waals surface area (Å²) in [4.78, 5) is 16.4. The molecule has 2 aromatic heterocycles. The van der Waals surface area contributed by atoms with Crippen LogP contribution in [0.5, 0.6) is 0 Å². The number of benzene rings is 1. The molecule has 8 heteroatoms. The molecule has 0 radical (unpaired) electrons. The Morgan fingerprint density at radius 1 is 1.29 bits per heavy atom. The van der Waals surface area contributed by atoms with Crippen molar-refractivity contribution in [3.8, 4) is 0 Å². The minimum Gasteiger partial charge on any atom is -0.329 e. The van der Waals surface area contributed by atoms with E-state index in [1.165, 1.54) is 24.4 Å². The molecule has 0 atom stereocenters. The van der Waals surface area contributed by atoms with E-state index >= 15 is 0 Å². The second-order valence-electron chi connectivity index (χ2n) is 5.86. The molecule has 3 aromatic rings. The molecule has 6 nitrogen and oxygen atoms in total. The average molecular weight is 348 g/mol. The van der Waals surface area contributed by atoms with E-state index in [9.17, 15) is 9.18 Å². The zero-order valence-corrected chi connectivity index (χ0v) is 13.8. The van der Waals surface area contributed by atoms with E-state index < -0.39 is 17.4 Å². The van der Waals surface area contributed by atoms with Crippen LogP contribution >= 0.6 is 11.6 Å². The summed E-state index contributed by atoms with van der Waals surface area (Å²) in [5, 5.41) is 13.2. The lowest BCUT2D eigenvalue weighted by atomic mass is 9.94. The lowest BCUT2D eigenvalue weighted by Crippen LogP contribution is -2.43. The Labute approximate surface area is 142 Å². The van der Waals surface area contributed by atoms with E-state index in [-0.39, 0.29) is 0 Å². The third-order valence-corrected chi connectivity index (χ3v) is 3.81. The van der Waals surface area contributed by atoms with Crippen molar-refractivity contribution >= 4 is 34.4 Å². The van der Waals surface area contributed by atoms with Crippen LogP contribution in [-0.2, 0) is 5.54 Å². The second-order valence-corrected chi connectivity index (χ2v) is 6.30. The number of aromatic amines is 1. The number of nitrogens with zero attached hydrogens (tertiary/aromatic N) is 2. The maximum absolute atomic E-state index is 14.0. The highest BCUT2D eigenvalue weighted by atomic mass is 35.5. The first-order chi connectivity index (χ1) is 11.3. The number of hydrogen-bond donors (Lipinski definition) is 3. The predicted molar refractivity (Wildman–Crippen MR) is 90.5 cm³/mol. The van der Waals surface area contributed by atoms with Gasteiger partial charge in [-0.3, -0.25) is 5.10 Å². The van der Waals surface area contributed by atoms with Crippen molar-refractivity contribution in [2.45, 2.75) is 19.4 Å². The Kier molecular flexibility index (Phi) is 4.11. The van der Waals surface area contributed by atoms with Gasteiger partial charge < -0.3 is 10.6 Å². The zero-order chi connectivity index (χ0) is 17.3. The van der Waals surface area contributed by atoms with Gasteiger partial charge in [0.05, 0.1) is 23.6 Å². The molecule has 124 valence electrons. The fourth-order valence-electron chi connectivity index (χ4n) is 2.39. The maximum Gasteiger partial charge on any atom is 0.319 e. The molecular formula is C16H15ClFN5O. The van der Waals surface area contributed by atoms with Crippen LogP contribution in [0, 0.1) is 5.82 Å². The summed E-state index contributed by atoms with van der Waals surface area (Å²) < 4.78 is 14.0. The van der Waals surface area contributed by atoms with Crippen LogP contribution in [0.4, 0.5) is 14.9 Å². The summed E-state index contributed by atoms with van der Waals surface area (Å²) >= 11 is 5.92. The number of halogens is 2. The highest BCUT2D eigenvalue weighted by Gasteiger charge is 2.26. The number of rotatable bonds is 3. The minimum absolute atomic E-state index is 0.300. The Morgan fingerprint density at radius 2 is 2.08 bits per heavy atom. The van der Waals surface area contributed by atoms with Gasteiger partial charge in [-0.05, 0) is 38.1 Å². The molecule has 0 aliphatic rings. The number of carbonyl (C=O) groups excluding carboxylic acids is 1. The number of hydrogen-bond acceptors (Lipinski definition) is 3. The Morgan fingerprint density at radius 3 is 2.88 bits per heavy atom. The van der Waals surface area contributed by atoms with Gasteiger partial charge in [-0.2, -0.15) is 5.10 Å². The fraction of sp³-hybridized carbons (Fsp3) is 0.188. The molecule has 0 saturated heterocycles. The van der Waals surface area contributed by atoms with Gasteiger partial charge in [0, 0.05) is 16.0 Å². The van der Waals surface area contributed by atoms with Crippen molar-refractivity contribution in [2.24, 2.45) is 0 Å². The lowest BCUT2D eigenvalue weighted by Gasteiger charge is -2.27. The monoisotopic (exact) mass is 347 g/mol. The standard InChI is InChI=1S/C16H15ClFN5O/c1-16(2,12-6-10(17)3-4-13(12)18)22-15(24)21-11-5-9-7-20-23-14(9)19-8-11/h3-8H,1-2H3,(H,19,20,23)(H2,21,22,24). The molecule has 0 saturated carbocycles. The van der Waals surface area contributed by atoms with E-state index in [0.717, 1.165) is 5.39 Å². The van der Waals surface area contributed by atoms with Crippen molar-refractivity contribution in [3.63, 3.8) is 0 Å². The fourth-order valence-corrected chi connectivity index (χ4v) is 2.57. The van der Waals surface area contributed by atoms with Crippen molar-refractivity contribution in [1.82, 2.24) is 20.5 Å². The molecule has 24 heavy (non-hydrogen) atoms. The zero-order valence-electron chi connectivity index (χ0n) is 13.0. The molecule has 2 heterocycles. The minimum atomic E-state index is -0.952. The Balaban J connectivity index is 1.76. The van der Waals surface area contributed by atoms with Crippen molar-refractivity contribution in [3.05, 3.63) is 53.1 Å². The lowest BCUT2D eigenvalue weighted by molar-refractivity contribution is 0.241. The van der Waals surface area contributed by atoms with E-state index in [1.54, 1.807) is 26.1 Å². The van der Waals surface area contributed by atoms with Crippen LogP contribution in [0.15, 0.2) is 36.7 Å². The summed E-state index contributed by atoms with van der Waals surface area (Å²) in [7, 11) is 0. The summed E-state index contributed by atoms with van der Waals surface area (Å²) in [5.41, 5.74) is 0.478. The van der Waals surface area contributed by atoms with Gasteiger partial charge in [-0.1, -0.05) is 11.6 Å². The first kappa shape index (κ1) is 16.2. The number of H-pyrrole nitrogens is 1. The largest absolute Gasteiger partial charge is 0.329 e. The first-order valence-corrected chi connectivity index (χ1v) is 7.57. The average Bonchev–Trinajstić information content (AvgIpc) is 2.96. The number of nitrogens with one attached hydrogen (secondary N) is 3. The van der Waals surface area contributed by atoms with Gasteiger partial charge in [0.2, 0.25) is 0 Å². The number of amides is 2. The van der Waals surface area contributed by atoms with Gasteiger partial charge in [0.25, 0.3) is 0 Å². The Bertz CT molecular complexity index is 908. The predicted octanol–water partition coefficient (Wildman–Crippen LogP) is 3.81. The van der Waals surface area contributed by atoms with Crippen LogP contribution in [0.25, 0.3) is 11.0 Å². The van der Waals surface area contributed by atoms with Crippen LogP contribution in [-0.4, -0.2) is 21.2 Å². The number of anilines is 1. The molecule has 2 amide bonds. The number of aromatic nitrogens is 3. The van der Waals surface area contributed by atoms with Gasteiger partial charge >= 0.3 is 6.03 Å². The smallest absolute Gasteiger partial charge is 0.319 e. The van der Waals surface area contributed by atoms with Gasteiger partial charge in [-0.15, -0.1) is 0 Å². The molecule has 3 N–H and O–H groups in total. The van der Waals surface area contributed by atoms with Gasteiger partial charge in [-0.25, -0.2) is 14.2 Å². The normalized spacial score (nSPS) is 11.5. The third kappa shape index (κ3) is 3.30. The van der Waals surface area contributed by atoms with Crippen LogP contribution in [0.1, 0.15) is 19.4 Å². The van der Waals surface area contributed by atoms with Gasteiger partial charge in [0.15, 0.2) is 5.65 Å². The number of urea groups is 1. The molecule has 1 aromatic carbocycles. The van der Waals surface area contributed by atoms with Crippen molar-refractivity contribution < 1.29 is 9.18 Å². The van der Waals surface area contributed by atoms with E-state index in [4.69, 9.17) is 11.6 Å². The summed E-state index contributed by atoms with van der Waals surface area (Å²) in [6, 6.07) is 5.48.